The number of hydrogen-bond donors (Lipinski definition) is 0. The third-order valence-corrected chi connectivity index (χ3v) is 6.42. The van der Waals surface area contributed by atoms with Crippen LogP contribution in [0.15, 0.2) is 46.8 Å². The summed E-state index contributed by atoms with van der Waals surface area (Å²) in [6.07, 6.45) is 7.40. The van der Waals surface area contributed by atoms with Gasteiger partial charge >= 0.3 is 0 Å². The van der Waals surface area contributed by atoms with Crippen molar-refractivity contribution >= 4 is 11.0 Å². The van der Waals surface area contributed by atoms with E-state index < -0.39 is 0 Å². The minimum absolute atomic E-state index is 0.399. The van der Waals surface area contributed by atoms with E-state index in [4.69, 9.17) is 0 Å². The summed E-state index contributed by atoms with van der Waals surface area (Å²) in [4.78, 5) is 0. The van der Waals surface area contributed by atoms with Crippen molar-refractivity contribution in [2.75, 3.05) is 0 Å². The Bertz CT molecular complexity index is 838. The highest BCUT2D eigenvalue weighted by Gasteiger charge is 2.61. The first-order valence-corrected chi connectivity index (χ1v) is 8.52. The second kappa shape index (κ2) is 4.19. The van der Waals surface area contributed by atoms with Crippen molar-refractivity contribution < 1.29 is 0 Å². The zero-order chi connectivity index (χ0) is 15.0. The molecule has 23 heavy (non-hydrogen) atoms. The Morgan fingerprint density at radius 3 is 3.09 bits per heavy atom. The molecule has 0 unspecified atom stereocenters. The van der Waals surface area contributed by atoms with Gasteiger partial charge in [0.05, 0.1) is 17.6 Å². The first kappa shape index (κ1) is 12.2. The molecule has 0 radical (unpaired) electrons. The summed E-state index contributed by atoms with van der Waals surface area (Å²) in [5.41, 5.74) is 2.00. The SMILES string of the molecule is C1=C[C@@H]2[C@H](C1)[C@H]1C[C@@H]2[C@@H]2[C@H]1N=NN2Cn1nnc2ccccc21. The van der Waals surface area contributed by atoms with Crippen LogP contribution in [0.2, 0.25) is 0 Å². The highest BCUT2D eigenvalue weighted by Crippen LogP contribution is 2.60. The molecule has 2 aromatic rings. The Morgan fingerprint density at radius 2 is 2.09 bits per heavy atom. The smallest absolute Gasteiger partial charge is 0.132 e. The van der Waals surface area contributed by atoms with E-state index in [-0.39, 0.29) is 0 Å². The Hall–Kier alpha value is -2.24. The molecule has 2 bridgehead atoms. The zero-order valence-corrected chi connectivity index (χ0v) is 12.7. The molecule has 2 saturated carbocycles. The molecule has 4 aliphatic rings. The first-order valence-electron chi connectivity index (χ1n) is 8.52. The summed E-state index contributed by atoms with van der Waals surface area (Å²) in [7, 11) is 0. The Kier molecular flexibility index (Phi) is 2.22. The van der Waals surface area contributed by atoms with Crippen LogP contribution in [0.1, 0.15) is 12.8 Å². The number of fused-ring (bicyclic) bond motifs is 9. The lowest BCUT2D eigenvalue weighted by Crippen LogP contribution is -2.45. The molecule has 2 heterocycles. The van der Waals surface area contributed by atoms with Gasteiger partial charge in [0.15, 0.2) is 0 Å². The van der Waals surface area contributed by atoms with E-state index in [0.29, 0.717) is 24.7 Å². The van der Waals surface area contributed by atoms with Crippen LogP contribution in [0, 0.1) is 23.7 Å². The molecule has 2 fully saturated rings. The average Bonchev–Trinajstić information content (AvgIpc) is 3.34. The lowest BCUT2D eigenvalue weighted by molar-refractivity contribution is 0.0948. The standard InChI is InChI=1S/C17H18N6/c1-2-7-15-14(6-1)18-20-22(15)9-23-17-13-8-12(16(17)19-21-23)10-4-3-5-11(10)13/h1-3,5-7,10-13,16-17H,4,8-9H2/t10-,11+,12+,13-,16-,17+/m0/s1. The van der Waals surface area contributed by atoms with Crippen molar-refractivity contribution in [1.29, 1.82) is 0 Å². The van der Waals surface area contributed by atoms with Gasteiger partial charge in [-0.1, -0.05) is 34.7 Å². The Morgan fingerprint density at radius 1 is 1.13 bits per heavy atom. The molecule has 0 amide bonds. The fraction of sp³-hybridized carbons (Fsp3) is 0.529. The van der Waals surface area contributed by atoms with Crippen molar-refractivity contribution in [1.82, 2.24) is 20.0 Å². The maximum absolute atomic E-state index is 4.64. The maximum Gasteiger partial charge on any atom is 0.132 e. The molecule has 6 heteroatoms. The predicted octanol–water partition coefficient (Wildman–Crippen LogP) is 2.65. The van der Waals surface area contributed by atoms with E-state index in [1.54, 1.807) is 0 Å². The molecule has 1 aliphatic heterocycles. The van der Waals surface area contributed by atoms with E-state index >= 15 is 0 Å². The molecule has 3 aliphatic carbocycles. The van der Waals surface area contributed by atoms with Gasteiger partial charge in [0.25, 0.3) is 0 Å². The molecule has 0 saturated heterocycles. The molecule has 6 rings (SSSR count). The van der Waals surface area contributed by atoms with Crippen molar-refractivity contribution in [3.05, 3.63) is 36.4 Å². The normalized spacial score (nSPS) is 39.6. The van der Waals surface area contributed by atoms with Crippen LogP contribution >= 0.6 is 0 Å². The number of nitrogens with zero attached hydrogens (tertiary/aromatic N) is 6. The largest absolute Gasteiger partial charge is 0.252 e. The van der Waals surface area contributed by atoms with Crippen LogP contribution in [-0.2, 0) is 6.67 Å². The van der Waals surface area contributed by atoms with Crippen molar-refractivity contribution in [3.63, 3.8) is 0 Å². The quantitative estimate of drug-likeness (QED) is 0.801. The zero-order valence-electron chi connectivity index (χ0n) is 12.7. The highest BCUT2D eigenvalue weighted by molar-refractivity contribution is 5.73. The molecule has 1 aromatic carbocycles. The lowest BCUT2D eigenvalue weighted by Gasteiger charge is -2.35. The molecule has 0 spiro atoms. The van der Waals surface area contributed by atoms with Crippen LogP contribution in [0.3, 0.4) is 0 Å². The van der Waals surface area contributed by atoms with Gasteiger partial charge in [0, 0.05) is 0 Å². The molecule has 116 valence electrons. The van der Waals surface area contributed by atoms with E-state index in [1.165, 1.54) is 12.8 Å². The number of benzene rings is 1. The number of hydrogen-bond acceptors (Lipinski definition) is 5. The Labute approximate surface area is 133 Å². The van der Waals surface area contributed by atoms with Crippen molar-refractivity contribution in [2.45, 2.75) is 31.6 Å². The van der Waals surface area contributed by atoms with Crippen LogP contribution < -0.4 is 0 Å². The molecular formula is C17H18N6. The molecule has 6 atom stereocenters. The number of aromatic nitrogens is 3. The molecule has 6 nitrogen and oxygen atoms in total. The summed E-state index contributed by atoms with van der Waals surface area (Å²) in [5.74, 6) is 3.01. The predicted molar refractivity (Wildman–Crippen MR) is 84.1 cm³/mol. The lowest BCUT2D eigenvalue weighted by atomic mass is 9.76. The van der Waals surface area contributed by atoms with Crippen molar-refractivity contribution in [2.24, 2.45) is 34.0 Å². The van der Waals surface area contributed by atoms with Gasteiger partial charge in [0.2, 0.25) is 0 Å². The van der Waals surface area contributed by atoms with E-state index in [1.807, 2.05) is 22.9 Å². The number of para-hydroxylation sites is 1. The van der Waals surface area contributed by atoms with Gasteiger partial charge in [-0.25, -0.2) is 4.68 Å². The second-order valence-corrected chi connectivity index (χ2v) is 7.31. The summed E-state index contributed by atoms with van der Waals surface area (Å²) >= 11 is 0. The van der Waals surface area contributed by atoms with Crippen LogP contribution in [0.4, 0.5) is 0 Å². The monoisotopic (exact) mass is 306 g/mol. The van der Waals surface area contributed by atoms with Gasteiger partial charge < -0.3 is 0 Å². The number of rotatable bonds is 2. The second-order valence-electron chi connectivity index (χ2n) is 7.31. The first-order chi connectivity index (χ1) is 11.4. The molecule has 1 aromatic heterocycles. The van der Waals surface area contributed by atoms with Crippen molar-refractivity contribution in [3.8, 4) is 0 Å². The Balaban J connectivity index is 1.32. The summed E-state index contributed by atoms with van der Waals surface area (Å²) in [5, 5.41) is 19.9. The van der Waals surface area contributed by atoms with Gasteiger partial charge in [-0.3, -0.25) is 5.01 Å². The minimum Gasteiger partial charge on any atom is -0.252 e. The van der Waals surface area contributed by atoms with Gasteiger partial charge in [-0.15, -0.1) is 5.10 Å². The minimum atomic E-state index is 0.399. The number of allylic oxidation sites excluding steroid dienone is 2. The summed E-state index contributed by atoms with van der Waals surface area (Å²) in [6, 6.07) is 8.94. The van der Waals surface area contributed by atoms with E-state index in [2.05, 4.69) is 43.9 Å². The maximum atomic E-state index is 4.64. The average molecular weight is 306 g/mol. The van der Waals surface area contributed by atoms with E-state index in [9.17, 15) is 0 Å². The fourth-order valence-corrected chi connectivity index (χ4v) is 5.54. The van der Waals surface area contributed by atoms with Crippen LogP contribution in [-0.4, -0.2) is 32.1 Å². The third-order valence-electron chi connectivity index (χ3n) is 6.42. The fourth-order valence-electron chi connectivity index (χ4n) is 5.54. The van der Waals surface area contributed by atoms with Crippen LogP contribution in [0.25, 0.3) is 11.0 Å². The van der Waals surface area contributed by atoms with E-state index in [0.717, 1.165) is 28.8 Å². The summed E-state index contributed by atoms with van der Waals surface area (Å²) in [6.45, 7) is 0.648. The van der Waals surface area contributed by atoms with Gasteiger partial charge in [-0.05, 0) is 48.6 Å². The highest BCUT2D eigenvalue weighted by atomic mass is 15.7. The van der Waals surface area contributed by atoms with Crippen LogP contribution in [0.5, 0.6) is 0 Å². The summed E-state index contributed by atoms with van der Waals surface area (Å²) < 4.78 is 1.95. The van der Waals surface area contributed by atoms with Gasteiger partial charge in [-0.2, -0.15) is 5.11 Å². The topological polar surface area (TPSA) is 58.7 Å². The third kappa shape index (κ3) is 1.49. The molecule has 0 N–H and O–H groups in total. The molecular weight excluding hydrogens is 288 g/mol. The van der Waals surface area contributed by atoms with Gasteiger partial charge in [0.1, 0.15) is 12.2 Å².